The molecule has 0 aliphatic rings. The first-order valence-corrected chi connectivity index (χ1v) is 4.57. The van der Waals surface area contributed by atoms with E-state index in [0.717, 1.165) is 5.46 Å². The summed E-state index contributed by atoms with van der Waals surface area (Å²) in [6, 6.07) is 7.54. The third-order valence-electron chi connectivity index (χ3n) is 1.65. The minimum absolute atomic E-state index is 0.0305. The molecule has 0 saturated carbocycles. The molecule has 0 bridgehead atoms. The van der Waals surface area contributed by atoms with E-state index in [1.165, 1.54) is 0 Å². The number of carbonyl (C=O) groups excluding carboxylic acids is 1. The van der Waals surface area contributed by atoms with Gasteiger partial charge in [-0.2, -0.15) is 0 Å². The van der Waals surface area contributed by atoms with E-state index in [0.29, 0.717) is 12.4 Å². The molecule has 74 valence electrons. The van der Waals surface area contributed by atoms with Crippen molar-refractivity contribution in [3.63, 3.8) is 0 Å². The van der Waals surface area contributed by atoms with E-state index in [1.54, 1.807) is 6.92 Å². The molecule has 0 N–H and O–H groups in total. The maximum atomic E-state index is 11.0. The minimum Gasteiger partial charge on any atom is -0.482 e. The minimum atomic E-state index is -0.339. The fourth-order valence-electron chi connectivity index (χ4n) is 1.05. The molecule has 0 unspecified atom stereocenters. The Bertz CT molecular complexity index is 312. The van der Waals surface area contributed by atoms with Crippen molar-refractivity contribution < 1.29 is 14.3 Å². The molecule has 0 fully saturated rings. The summed E-state index contributed by atoms with van der Waals surface area (Å²) in [5, 5.41) is 0. The Morgan fingerprint density at radius 1 is 1.50 bits per heavy atom. The number of hydrogen-bond donors (Lipinski definition) is 0. The average Bonchev–Trinajstić information content (AvgIpc) is 2.15. The van der Waals surface area contributed by atoms with Crippen molar-refractivity contribution >= 4 is 19.3 Å². The summed E-state index contributed by atoms with van der Waals surface area (Å²) in [6.45, 7) is 2.12. The molecule has 0 aliphatic heterocycles. The van der Waals surface area contributed by atoms with Gasteiger partial charge in [0, 0.05) is 0 Å². The Hall–Kier alpha value is -1.45. The van der Waals surface area contributed by atoms with Crippen LogP contribution in [0.5, 0.6) is 5.75 Å². The molecule has 0 heterocycles. The molecular formula is C10H13BO3. The van der Waals surface area contributed by atoms with E-state index < -0.39 is 0 Å². The Kier molecular flexibility index (Phi) is 4.04. The van der Waals surface area contributed by atoms with Gasteiger partial charge in [-0.25, -0.2) is 4.79 Å². The smallest absolute Gasteiger partial charge is 0.344 e. The van der Waals surface area contributed by atoms with Gasteiger partial charge in [0.25, 0.3) is 0 Å². The summed E-state index contributed by atoms with van der Waals surface area (Å²) in [5.41, 5.74) is 1.10. The zero-order chi connectivity index (χ0) is 10.4. The third-order valence-corrected chi connectivity index (χ3v) is 1.65. The summed E-state index contributed by atoms with van der Waals surface area (Å²) in [7, 11) is 1.97. The van der Waals surface area contributed by atoms with Gasteiger partial charge in [-0.1, -0.05) is 17.6 Å². The molecule has 0 spiro atoms. The molecule has 14 heavy (non-hydrogen) atoms. The van der Waals surface area contributed by atoms with E-state index in [4.69, 9.17) is 9.47 Å². The number of rotatable bonds is 4. The first-order valence-electron chi connectivity index (χ1n) is 4.57. The molecule has 0 aliphatic carbocycles. The van der Waals surface area contributed by atoms with Crippen molar-refractivity contribution in [2.45, 2.75) is 6.92 Å². The first-order chi connectivity index (χ1) is 6.72. The lowest BCUT2D eigenvalue weighted by Crippen LogP contribution is -2.15. The predicted molar refractivity (Wildman–Crippen MR) is 56.7 cm³/mol. The Morgan fingerprint density at radius 2 is 2.29 bits per heavy atom. The van der Waals surface area contributed by atoms with E-state index in [2.05, 4.69) is 0 Å². The highest BCUT2D eigenvalue weighted by molar-refractivity contribution is 6.32. The van der Waals surface area contributed by atoms with Gasteiger partial charge >= 0.3 is 5.97 Å². The van der Waals surface area contributed by atoms with Crippen molar-refractivity contribution in [3.8, 4) is 5.75 Å². The van der Waals surface area contributed by atoms with Gasteiger partial charge in [0.1, 0.15) is 13.6 Å². The molecule has 0 aromatic heterocycles. The average molecular weight is 192 g/mol. The molecule has 1 aromatic carbocycles. The van der Waals surface area contributed by atoms with Crippen LogP contribution in [0.4, 0.5) is 0 Å². The lowest BCUT2D eigenvalue weighted by atomic mass is 9.96. The highest BCUT2D eigenvalue weighted by Crippen LogP contribution is 2.06. The molecule has 0 radical (unpaired) electrons. The van der Waals surface area contributed by atoms with Gasteiger partial charge in [-0.15, -0.1) is 0 Å². The van der Waals surface area contributed by atoms with Crippen LogP contribution in [0.25, 0.3) is 0 Å². The van der Waals surface area contributed by atoms with Gasteiger partial charge in [0.05, 0.1) is 6.61 Å². The van der Waals surface area contributed by atoms with Crippen molar-refractivity contribution in [1.29, 1.82) is 0 Å². The lowest BCUT2D eigenvalue weighted by Gasteiger charge is -2.05. The second kappa shape index (κ2) is 5.32. The fraction of sp³-hybridized carbons (Fsp3) is 0.300. The van der Waals surface area contributed by atoms with Crippen LogP contribution in [0.15, 0.2) is 24.3 Å². The zero-order valence-electron chi connectivity index (χ0n) is 8.45. The molecular weight excluding hydrogens is 179 g/mol. The maximum absolute atomic E-state index is 11.0. The van der Waals surface area contributed by atoms with Crippen molar-refractivity contribution in [1.82, 2.24) is 0 Å². The molecule has 3 nitrogen and oxygen atoms in total. The van der Waals surface area contributed by atoms with Gasteiger partial charge < -0.3 is 9.47 Å². The van der Waals surface area contributed by atoms with Crippen LogP contribution in [-0.4, -0.2) is 27.0 Å². The highest BCUT2D eigenvalue weighted by atomic mass is 16.6. The van der Waals surface area contributed by atoms with E-state index in [9.17, 15) is 4.79 Å². The van der Waals surface area contributed by atoms with Gasteiger partial charge in [0.15, 0.2) is 6.61 Å². The van der Waals surface area contributed by atoms with Gasteiger partial charge in [-0.05, 0) is 19.1 Å². The summed E-state index contributed by atoms with van der Waals surface area (Å²) in [6.07, 6.45) is 0. The van der Waals surface area contributed by atoms with Crippen LogP contribution >= 0.6 is 0 Å². The van der Waals surface area contributed by atoms with Crippen molar-refractivity contribution in [3.05, 3.63) is 24.3 Å². The lowest BCUT2D eigenvalue weighted by molar-refractivity contribution is -0.145. The van der Waals surface area contributed by atoms with Crippen LogP contribution in [0.1, 0.15) is 6.92 Å². The topological polar surface area (TPSA) is 35.5 Å². The monoisotopic (exact) mass is 192 g/mol. The fourth-order valence-corrected chi connectivity index (χ4v) is 1.05. The number of benzene rings is 1. The van der Waals surface area contributed by atoms with Gasteiger partial charge in [0.2, 0.25) is 0 Å². The third kappa shape index (κ3) is 3.52. The van der Waals surface area contributed by atoms with E-state index in [1.807, 2.05) is 32.1 Å². The quantitative estimate of drug-likeness (QED) is 0.493. The molecule has 0 saturated heterocycles. The van der Waals surface area contributed by atoms with Crippen LogP contribution in [-0.2, 0) is 9.53 Å². The number of ether oxygens (including phenoxy) is 2. The predicted octanol–water partition coefficient (Wildman–Crippen LogP) is -0.113. The molecule has 0 amide bonds. The number of hydrogen-bond acceptors (Lipinski definition) is 3. The standard InChI is InChI=1S/C10H13BO3/c1-2-13-10(12)7-14-9-5-3-4-8(11)6-9/h3-6H,2,7,11H2,1H3. The molecule has 1 aromatic rings. The Morgan fingerprint density at radius 3 is 2.93 bits per heavy atom. The van der Waals surface area contributed by atoms with Crippen molar-refractivity contribution in [2.75, 3.05) is 13.2 Å². The maximum Gasteiger partial charge on any atom is 0.344 e. The Balaban J connectivity index is 2.41. The zero-order valence-corrected chi connectivity index (χ0v) is 8.45. The van der Waals surface area contributed by atoms with E-state index in [-0.39, 0.29) is 12.6 Å². The van der Waals surface area contributed by atoms with Crippen LogP contribution in [0.2, 0.25) is 0 Å². The second-order valence-corrected chi connectivity index (χ2v) is 2.91. The number of esters is 1. The largest absolute Gasteiger partial charge is 0.482 e. The summed E-state index contributed by atoms with van der Waals surface area (Å²) in [5.74, 6) is 0.354. The van der Waals surface area contributed by atoms with Crippen LogP contribution in [0.3, 0.4) is 0 Å². The SMILES string of the molecule is Bc1cccc(OCC(=O)OCC)c1. The van der Waals surface area contributed by atoms with Crippen molar-refractivity contribution in [2.24, 2.45) is 0 Å². The summed E-state index contributed by atoms with van der Waals surface area (Å²) < 4.78 is 9.96. The Labute approximate surface area is 84.4 Å². The summed E-state index contributed by atoms with van der Waals surface area (Å²) in [4.78, 5) is 11.0. The van der Waals surface area contributed by atoms with Gasteiger partial charge in [-0.3, -0.25) is 0 Å². The molecule has 0 atom stereocenters. The van der Waals surface area contributed by atoms with Crippen LogP contribution < -0.4 is 10.2 Å². The first kappa shape index (κ1) is 10.6. The summed E-state index contributed by atoms with van der Waals surface area (Å²) >= 11 is 0. The normalized spacial score (nSPS) is 9.50. The molecule has 4 heteroatoms. The van der Waals surface area contributed by atoms with Crippen LogP contribution in [0, 0.1) is 0 Å². The second-order valence-electron chi connectivity index (χ2n) is 2.91. The number of carbonyl (C=O) groups is 1. The molecule has 1 rings (SSSR count). The highest BCUT2D eigenvalue weighted by Gasteiger charge is 2.02. The van der Waals surface area contributed by atoms with E-state index >= 15 is 0 Å².